The number of nitrogens with one attached hydrogen (secondary N) is 1. The number of likely N-dealkylation sites (tertiary alicyclic amines) is 1. The molecule has 2 aliphatic rings. The van der Waals surface area contributed by atoms with Crippen LogP contribution in [0.25, 0.3) is 0 Å². The summed E-state index contributed by atoms with van der Waals surface area (Å²) in [5.41, 5.74) is 0.623. The molecule has 0 spiro atoms. The number of rotatable bonds is 5. The van der Waals surface area contributed by atoms with Crippen molar-refractivity contribution in [3.63, 3.8) is 0 Å². The quantitative estimate of drug-likeness (QED) is 0.792. The van der Waals surface area contributed by atoms with Crippen LogP contribution in [0, 0.1) is 11.3 Å². The topological polar surface area (TPSA) is 15.3 Å². The Hall–Kier alpha value is -0.0800. The van der Waals surface area contributed by atoms with E-state index in [0.29, 0.717) is 11.5 Å². The fourth-order valence-corrected chi connectivity index (χ4v) is 3.30. The average molecular weight is 238 g/mol. The van der Waals surface area contributed by atoms with E-state index in [1.165, 1.54) is 58.3 Å². The minimum Gasteiger partial charge on any atom is -0.313 e. The fraction of sp³-hybridized carbons (Fsp3) is 1.00. The van der Waals surface area contributed by atoms with Gasteiger partial charge in [0.1, 0.15) is 0 Å². The van der Waals surface area contributed by atoms with Crippen LogP contribution in [-0.2, 0) is 0 Å². The zero-order valence-electron chi connectivity index (χ0n) is 12.0. The summed E-state index contributed by atoms with van der Waals surface area (Å²) < 4.78 is 0. The third-order valence-corrected chi connectivity index (χ3v) is 5.20. The molecule has 0 aromatic rings. The van der Waals surface area contributed by atoms with Crippen LogP contribution in [0.5, 0.6) is 0 Å². The van der Waals surface area contributed by atoms with Gasteiger partial charge in [0, 0.05) is 12.6 Å². The second-order valence-corrected chi connectivity index (χ2v) is 6.61. The lowest BCUT2D eigenvalue weighted by molar-refractivity contribution is 0.128. The lowest BCUT2D eigenvalue weighted by Gasteiger charge is -2.41. The van der Waals surface area contributed by atoms with Crippen molar-refractivity contribution in [2.45, 2.75) is 58.9 Å². The summed E-state index contributed by atoms with van der Waals surface area (Å²) in [6, 6.07) is 0.714. The summed E-state index contributed by atoms with van der Waals surface area (Å²) in [5, 5.41) is 3.81. The van der Waals surface area contributed by atoms with E-state index in [1.807, 2.05) is 0 Å². The van der Waals surface area contributed by atoms with Gasteiger partial charge >= 0.3 is 0 Å². The largest absolute Gasteiger partial charge is 0.313 e. The minimum absolute atomic E-state index is 0.623. The van der Waals surface area contributed by atoms with Gasteiger partial charge in [-0.05, 0) is 63.6 Å². The first kappa shape index (κ1) is 13.4. The molecule has 0 amide bonds. The second kappa shape index (κ2) is 5.71. The Labute approximate surface area is 107 Å². The maximum absolute atomic E-state index is 3.81. The lowest BCUT2D eigenvalue weighted by atomic mass is 9.70. The van der Waals surface area contributed by atoms with Gasteiger partial charge in [-0.25, -0.2) is 0 Å². The molecule has 1 heterocycles. The highest BCUT2D eigenvalue weighted by Crippen LogP contribution is 2.39. The van der Waals surface area contributed by atoms with Gasteiger partial charge in [0.25, 0.3) is 0 Å². The van der Waals surface area contributed by atoms with Gasteiger partial charge in [0.15, 0.2) is 0 Å². The predicted molar refractivity (Wildman–Crippen MR) is 74.3 cm³/mol. The summed E-state index contributed by atoms with van der Waals surface area (Å²) in [5.74, 6) is 0.904. The van der Waals surface area contributed by atoms with Crippen molar-refractivity contribution in [2.24, 2.45) is 11.3 Å². The molecule has 0 bridgehead atoms. The normalized spacial score (nSPS) is 27.7. The van der Waals surface area contributed by atoms with Crippen molar-refractivity contribution < 1.29 is 0 Å². The predicted octanol–water partition coefficient (Wildman–Crippen LogP) is 2.89. The van der Waals surface area contributed by atoms with E-state index in [2.05, 4.69) is 31.0 Å². The van der Waals surface area contributed by atoms with Gasteiger partial charge < -0.3 is 10.2 Å². The molecule has 100 valence electrons. The van der Waals surface area contributed by atoms with Crippen LogP contribution in [0.3, 0.4) is 0 Å². The van der Waals surface area contributed by atoms with Crippen molar-refractivity contribution in [2.75, 3.05) is 26.2 Å². The highest BCUT2D eigenvalue weighted by Gasteiger charge is 2.32. The van der Waals surface area contributed by atoms with Crippen LogP contribution in [0.15, 0.2) is 0 Å². The van der Waals surface area contributed by atoms with E-state index in [-0.39, 0.29) is 0 Å². The Morgan fingerprint density at radius 3 is 2.41 bits per heavy atom. The van der Waals surface area contributed by atoms with Crippen LogP contribution in [0.1, 0.15) is 52.9 Å². The zero-order chi connectivity index (χ0) is 12.3. The Balaban J connectivity index is 1.67. The van der Waals surface area contributed by atoms with Crippen molar-refractivity contribution in [3.8, 4) is 0 Å². The van der Waals surface area contributed by atoms with Crippen molar-refractivity contribution in [1.82, 2.24) is 10.2 Å². The lowest BCUT2D eigenvalue weighted by Crippen LogP contribution is -2.46. The summed E-state index contributed by atoms with van der Waals surface area (Å²) in [4.78, 5) is 2.58. The average Bonchev–Trinajstić information content (AvgIpc) is 2.33. The third kappa shape index (κ3) is 3.45. The Morgan fingerprint density at radius 2 is 1.94 bits per heavy atom. The molecule has 2 rings (SSSR count). The van der Waals surface area contributed by atoms with Crippen molar-refractivity contribution in [1.29, 1.82) is 0 Å². The first-order valence-corrected chi connectivity index (χ1v) is 7.59. The Bertz CT molecular complexity index is 227. The maximum atomic E-state index is 3.81. The SMILES string of the molecule is CCN1CCC(C(C)NCC2(C)CCC2)CC1. The molecular weight excluding hydrogens is 208 g/mol. The Kier molecular flexibility index (Phi) is 4.48. The number of piperidine rings is 1. The minimum atomic E-state index is 0.623. The molecule has 2 heteroatoms. The molecule has 0 radical (unpaired) electrons. The first-order valence-electron chi connectivity index (χ1n) is 7.59. The molecular formula is C15H30N2. The molecule has 1 saturated carbocycles. The summed E-state index contributed by atoms with van der Waals surface area (Å²) in [6.45, 7) is 12.2. The number of hydrogen-bond donors (Lipinski definition) is 1. The van der Waals surface area contributed by atoms with Crippen molar-refractivity contribution >= 4 is 0 Å². The number of nitrogens with zero attached hydrogens (tertiary/aromatic N) is 1. The third-order valence-electron chi connectivity index (χ3n) is 5.20. The zero-order valence-corrected chi connectivity index (χ0v) is 12.0. The van der Waals surface area contributed by atoms with Crippen LogP contribution >= 0.6 is 0 Å². The fourth-order valence-electron chi connectivity index (χ4n) is 3.30. The smallest absolute Gasteiger partial charge is 0.00681 e. The van der Waals surface area contributed by atoms with Gasteiger partial charge in [-0.2, -0.15) is 0 Å². The molecule has 0 aromatic carbocycles. The summed E-state index contributed by atoms with van der Waals surface area (Å²) in [7, 11) is 0. The molecule has 2 nitrogen and oxygen atoms in total. The highest BCUT2D eigenvalue weighted by atomic mass is 15.1. The molecule has 1 atom stereocenters. The molecule has 0 aromatic heterocycles. The second-order valence-electron chi connectivity index (χ2n) is 6.61. The highest BCUT2D eigenvalue weighted by molar-refractivity contribution is 4.87. The maximum Gasteiger partial charge on any atom is 0.00681 e. The molecule has 1 N–H and O–H groups in total. The van der Waals surface area contributed by atoms with E-state index in [1.54, 1.807) is 0 Å². The summed E-state index contributed by atoms with van der Waals surface area (Å²) >= 11 is 0. The monoisotopic (exact) mass is 238 g/mol. The number of hydrogen-bond acceptors (Lipinski definition) is 2. The van der Waals surface area contributed by atoms with Crippen LogP contribution in [-0.4, -0.2) is 37.1 Å². The van der Waals surface area contributed by atoms with Crippen molar-refractivity contribution in [3.05, 3.63) is 0 Å². The van der Waals surface area contributed by atoms with E-state index in [4.69, 9.17) is 0 Å². The van der Waals surface area contributed by atoms with Crippen LogP contribution in [0.4, 0.5) is 0 Å². The molecule has 17 heavy (non-hydrogen) atoms. The van der Waals surface area contributed by atoms with Crippen LogP contribution < -0.4 is 5.32 Å². The molecule has 1 unspecified atom stereocenters. The van der Waals surface area contributed by atoms with Gasteiger partial charge in [-0.1, -0.05) is 20.3 Å². The Morgan fingerprint density at radius 1 is 1.29 bits per heavy atom. The van der Waals surface area contributed by atoms with Gasteiger partial charge in [-0.15, -0.1) is 0 Å². The van der Waals surface area contributed by atoms with Gasteiger partial charge in [0.2, 0.25) is 0 Å². The van der Waals surface area contributed by atoms with Crippen LogP contribution in [0.2, 0.25) is 0 Å². The van der Waals surface area contributed by atoms with E-state index >= 15 is 0 Å². The van der Waals surface area contributed by atoms with E-state index in [0.717, 1.165) is 5.92 Å². The molecule has 2 fully saturated rings. The van der Waals surface area contributed by atoms with Gasteiger partial charge in [-0.3, -0.25) is 0 Å². The standard InChI is InChI=1S/C15H30N2/c1-4-17-10-6-14(7-11-17)13(2)16-12-15(3)8-5-9-15/h13-14,16H,4-12H2,1-3H3. The molecule has 1 saturated heterocycles. The molecule has 1 aliphatic carbocycles. The first-order chi connectivity index (χ1) is 8.13. The van der Waals surface area contributed by atoms with Gasteiger partial charge in [0.05, 0.1) is 0 Å². The van der Waals surface area contributed by atoms with E-state index < -0.39 is 0 Å². The molecule has 1 aliphatic heterocycles. The summed E-state index contributed by atoms with van der Waals surface area (Å²) in [6.07, 6.45) is 7.08. The van der Waals surface area contributed by atoms with E-state index in [9.17, 15) is 0 Å².